The van der Waals surface area contributed by atoms with Gasteiger partial charge < -0.3 is 4.90 Å². The van der Waals surface area contributed by atoms with E-state index in [0.29, 0.717) is 36.5 Å². The average Bonchev–Trinajstić information content (AvgIpc) is 3.37. The highest BCUT2D eigenvalue weighted by Crippen LogP contribution is 2.30. The summed E-state index contributed by atoms with van der Waals surface area (Å²) in [6, 6.07) is 18.8. The van der Waals surface area contributed by atoms with Crippen molar-refractivity contribution in [1.29, 1.82) is 0 Å². The summed E-state index contributed by atoms with van der Waals surface area (Å²) in [5.74, 6) is -0.0920. The second-order valence-corrected chi connectivity index (χ2v) is 11.1. The minimum Gasteiger partial charge on any atom is -0.336 e. The maximum Gasteiger partial charge on any atom is 0.253 e. The molecule has 1 amide bonds. The van der Waals surface area contributed by atoms with Crippen LogP contribution in [0.4, 0.5) is 0 Å². The Morgan fingerprint density at radius 1 is 1.03 bits per heavy atom. The van der Waals surface area contributed by atoms with Crippen molar-refractivity contribution in [3.63, 3.8) is 0 Å². The molecule has 0 bridgehead atoms. The summed E-state index contributed by atoms with van der Waals surface area (Å²) in [7, 11) is -3.66. The largest absolute Gasteiger partial charge is 0.336 e. The third-order valence-electron chi connectivity index (χ3n) is 6.67. The molecule has 0 spiro atoms. The molecule has 2 atom stereocenters. The zero-order chi connectivity index (χ0) is 25.1. The van der Waals surface area contributed by atoms with Crippen LogP contribution in [-0.4, -0.2) is 64.2 Å². The zero-order valence-electron chi connectivity index (χ0n) is 20.1. The molecule has 2 aromatic carbocycles. The van der Waals surface area contributed by atoms with Crippen molar-refractivity contribution >= 4 is 15.9 Å². The van der Waals surface area contributed by atoms with E-state index >= 15 is 0 Å². The van der Waals surface area contributed by atoms with Crippen molar-refractivity contribution in [3.8, 4) is 0 Å². The first-order chi connectivity index (χ1) is 17.4. The van der Waals surface area contributed by atoms with Gasteiger partial charge in [-0.25, -0.2) is 13.1 Å². The highest BCUT2D eigenvalue weighted by atomic mass is 32.2. The van der Waals surface area contributed by atoms with Gasteiger partial charge in [0.25, 0.3) is 5.91 Å². The molecular formula is C27H29N5O3S. The molecule has 5 rings (SSSR count). The van der Waals surface area contributed by atoms with Crippen LogP contribution in [-0.2, 0) is 16.6 Å². The van der Waals surface area contributed by atoms with E-state index in [4.69, 9.17) is 0 Å². The Labute approximate surface area is 211 Å². The van der Waals surface area contributed by atoms with Crippen LogP contribution in [0.15, 0.2) is 90.0 Å². The molecule has 2 heterocycles. The number of allylic oxidation sites excluding steroid dienone is 3. The Hall–Kier alpha value is -3.56. The number of carbonyl (C=O) groups is 1. The number of sulfonamides is 1. The number of aromatic nitrogens is 3. The van der Waals surface area contributed by atoms with Crippen LogP contribution in [0.5, 0.6) is 0 Å². The van der Waals surface area contributed by atoms with Gasteiger partial charge in [0.05, 0.1) is 17.1 Å². The summed E-state index contributed by atoms with van der Waals surface area (Å²) in [5, 5.41) is 8.54. The SMILES string of the molecule is CC1CN(C(=O)c2ccccc2)CCN1S(=O)(=O)C1=CCC(c2cn(Cc3ccccc3)nn2)C=C1. The van der Waals surface area contributed by atoms with Gasteiger partial charge in [-0.3, -0.25) is 4.79 Å². The van der Waals surface area contributed by atoms with E-state index in [1.165, 1.54) is 4.31 Å². The van der Waals surface area contributed by atoms with Crippen LogP contribution in [0.3, 0.4) is 0 Å². The second kappa shape index (κ2) is 10.2. The van der Waals surface area contributed by atoms with Crippen molar-refractivity contribution in [1.82, 2.24) is 24.2 Å². The van der Waals surface area contributed by atoms with Crippen LogP contribution in [0, 0.1) is 0 Å². The normalized spacial score (nSPS) is 20.8. The third-order valence-corrected chi connectivity index (χ3v) is 8.73. The van der Waals surface area contributed by atoms with Gasteiger partial charge in [0, 0.05) is 43.4 Å². The molecule has 9 heteroatoms. The fraction of sp³-hybridized carbons (Fsp3) is 0.296. The molecule has 3 aromatic rings. The lowest BCUT2D eigenvalue weighted by atomic mass is 9.98. The van der Waals surface area contributed by atoms with Gasteiger partial charge in [-0.15, -0.1) is 5.10 Å². The van der Waals surface area contributed by atoms with Crippen molar-refractivity contribution in [3.05, 3.63) is 107 Å². The predicted molar refractivity (Wildman–Crippen MR) is 138 cm³/mol. The van der Waals surface area contributed by atoms with Gasteiger partial charge in [-0.1, -0.05) is 65.9 Å². The van der Waals surface area contributed by atoms with Gasteiger partial charge in [0.2, 0.25) is 10.0 Å². The summed E-state index contributed by atoms with van der Waals surface area (Å²) in [6.45, 7) is 3.47. The summed E-state index contributed by atoms with van der Waals surface area (Å²) in [6.07, 6.45) is 7.79. The van der Waals surface area contributed by atoms with E-state index < -0.39 is 10.0 Å². The molecule has 1 aliphatic carbocycles. The molecule has 1 saturated heterocycles. The number of amides is 1. The molecule has 2 unspecified atom stereocenters. The molecule has 36 heavy (non-hydrogen) atoms. The first-order valence-corrected chi connectivity index (χ1v) is 13.5. The Kier molecular flexibility index (Phi) is 6.84. The molecule has 2 aliphatic rings. The number of carbonyl (C=O) groups excluding carboxylic acids is 1. The number of nitrogens with zero attached hydrogens (tertiary/aromatic N) is 5. The Morgan fingerprint density at radius 2 is 1.75 bits per heavy atom. The van der Waals surface area contributed by atoms with E-state index in [-0.39, 0.29) is 24.4 Å². The minimum absolute atomic E-state index is 0.0220. The van der Waals surface area contributed by atoms with E-state index in [1.54, 1.807) is 33.9 Å². The summed E-state index contributed by atoms with van der Waals surface area (Å²) < 4.78 is 30.1. The smallest absolute Gasteiger partial charge is 0.253 e. The molecule has 1 fully saturated rings. The molecule has 8 nitrogen and oxygen atoms in total. The van der Waals surface area contributed by atoms with Gasteiger partial charge in [0.1, 0.15) is 0 Å². The molecule has 0 N–H and O–H groups in total. The topological polar surface area (TPSA) is 88.4 Å². The molecule has 0 radical (unpaired) electrons. The first-order valence-electron chi connectivity index (χ1n) is 12.1. The standard InChI is InChI=1S/C27H29N5O3S/c1-21-18-30(27(33)24-10-6-3-7-11-24)16-17-32(21)36(34,35)25-14-12-23(13-15-25)26-20-31(29-28-26)19-22-8-4-2-5-9-22/h2-12,14-15,20-21,23H,13,16-19H2,1H3. The monoisotopic (exact) mass is 503 g/mol. The number of piperazine rings is 1. The molecule has 1 aliphatic heterocycles. The Bertz CT molecular complexity index is 1380. The van der Waals surface area contributed by atoms with E-state index in [9.17, 15) is 13.2 Å². The van der Waals surface area contributed by atoms with Gasteiger partial charge in [-0.05, 0) is 37.1 Å². The molecular weight excluding hydrogens is 474 g/mol. The lowest BCUT2D eigenvalue weighted by Crippen LogP contribution is -2.55. The number of hydrogen-bond acceptors (Lipinski definition) is 5. The maximum atomic E-state index is 13.4. The maximum absolute atomic E-state index is 13.4. The quantitative estimate of drug-likeness (QED) is 0.514. The summed E-state index contributed by atoms with van der Waals surface area (Å²) >= 11 is 0. The highest BCUT2D eigenvalue weighted by molar-refractivity contribution is 7.93. The van der Waals surface area contributed by atoms with Crippen LogP contribution in [0.1, 0.15) is 40.9 Å². The zero-order valence-corrected chi connectivity index (χ0v) is 21.0. The Morgan fingerprint density at radius 3 is 2.42 bits per heavy atom. The molecule has 1 aromatic heterocycles. The van der Waals surface area contributed by atoms with Crippen LogP contribution < -0.4 is 0 Å². The van der Waals surface area contributed by atoms with Crippen molar-refractivity contribution in [2.45, 2.75) is 31.8 Å². The van der Waals surface area contributed by atoms with Crippen molar-refractivity contribution in [2.75, 3.05) is 19.6 Å². The van der Waals surface area contributed by atoms with Crippen LogP contribution in [0.25, 0.3) is 0 Å². The van der Waals surface area contributed by atoms with Crippen LogP contribution >= 0.6 is 0 Å². The summed E-state index contributed by atoms with van der Waals surface area (Å²) in [5.41, 5.74) is 2.57. The van der Waals surface area contributed by atoms with Gasteiger partial charge in [-0.2, -0.15) is 4.31 Å². The Balaban J connectivity index is 1.21. The third kappa shape index (κ3) is 5.03. The lowest BCUT2D eigenvalue weighted by molar-refractivity contribution is 0.0643. The van der Waals surface area contributed by atoms with Gasteiger partial charge >= 0.3 is 0 Å². The van der Waals surface area contributed by atoms with E-state index in [1.807, 2.05) is 67.7 Å². The van der Waals surface area contributed by atoms with Crippen LogP contribution in [0.2, 0.25) is 0 Å². The number of hydrogen-bond donors (Lipinski definition) is 0. The first kappa shape index (κ1) is 24.1. The predicted octanol–water partition coefficient (Wildman–Crippen LogP) is 3.43. The highest BCUT2D eigenvalue weighted by Gasteiger charge is 2.36. The fourth-order valence-electron chi connectivity index (χ4n) is 4.72. The average molecular weight is 504 g/mol. The van der Waals surface area contributed by atoms with E-state index in [2.05, 4.69) is 10.3 Å². The minimum atomic E-state index is -3.66. The van der Waals surface area contributed by atoms with Crippen molar-refractivity contribution in [2.24, 2.45) is 0 Å². The number of benzene rings is 2. The van der Waals surface area contributed by atoms with E-state index in [0.717, 1.165) is 11.3 Å². The van der Waals surface area contributed by atoms with Gasteiger partial charge in [0.15, 0.2) is 0 Å². The molecule has 186 valence electrons. The van der Waals surface area contributed by atoms with Crippen molar-refractivity contribution < 1.29 is 13.2 Å². The lowest BCUT2D eigenvalue weighted by Gasteiger charge is -2.39. The summed E-state index contributed by atoms with van der Waals surface area (Å²) in [4.78, 5) is 14.8. The fourth-order valence-corrected chi connectivity index (χ4v) is 6.41. The molecule has 0 saturated carbocycles. The second-order valence-electron chi connectivity index (χ2n) is 9.22. The number of rotatable bonds is 6.